The molecule has 0 bridgehead atoms. The fourth-order valence-corrected chi connectivity index (χ4v) is 3.95. The average molecular weight is 345 g/mol. The van der Waals surface area contributed by atoms with Crippen molar-refractivity contribution in [3.05, 3.63) is 23.9 Å². The lowest BCUT2D eigenvalue weighted by atomic mass is 9.78. The van der Waals surface area contributed by atoms with Crippen molar-refractivity contribution in [3.8, 4) is 0 Å². The van der Waals surface area contributed by atoms with Gasteiger partial charge < -0.3 is 0 Å². The summed E-state index contributed by atoms with van der Waals surface area (Å²) in [6.07, 6.45) is -1.85. The van der Waals surface area contributed by atoms with Crippen LogP contribution in [0.3, 0.4) is 0 Å². The maximum Gasteiger partial charge on any atom is 0.417 e. The van der Waals surface area contributed by atoms with Crippen molar-refractivity contribution in [3.63, 3.8) is 0 Å². The molecule has 2 rings (SSSR count). The molecule has 0 aliphatic heterocycles. The quantitative estimate of drug-likeness (QED) is 0.594. The largest absolute Gasteiger partial charge is 0.417 e. The van der Waals surface area contributed by atoms with E-state index in [2.05, 4.69) is 4.98 Å². The van der Waals surface area contributed by atoms with E-state index in [1.807, 2.05) is 6.92 Å². The molecule has 1 aromatic heterocycles. The number of pyridine rings is 1. The molecule has 0 amide bonds. The van der Waals surface area contributed by atoms with Crippen LogP contribution in [0.4, 0.5) is 13.2 Å². The van der Waals surface area contributed by atoms with Gasteiger partial charge in [0.2, 0.25) is 0 Å². The Labute approximate surface area is 137 Å². The Bertz CT molecular complexity index is 556. The molecule has 1 aliphatic carbocycles. The second-order valence-corrected chi connectivity index (χ2v) is 6.82. The van der Waals surface area contributed by atoms with Crippen LogP contribution >= 0.6 is 11.8 Å². The highest BCUT2D eigenvalue weighted by molar-refractivity contribution is 7.99. The number of aromatic nitrogens is 1. The van der Waals surface area contributed by atoms with Gasteiger partial charge in [-0.1, -0.05) is 13.3 Å². The second-order valence-electron chi connectivity index (χ2n) is 5.78. The van der Waals surface area contributed by atoms with Gasteiger partial charge in [0.25, 0.3) is 0 Å². The predicted molar refractivity (Wildman–Crippen MR) is 81.1 cm³/mol. The van der Waals surface area contributed by atoms with Crippen LogP contribution in [-0.4, -0.2) is 22.3 Å². The van der Waals surface area contributed by atoms with E-state index in [1.54, 1.807) is 0 Å². The van der Waals surface area contributed by atoms with Crippen LogP contribution in [0, 0.1) is 11.8 Å². The molecule has 1 aromatic rings. The number of halogens is 3. The molecular weight excluding hydrogens is 327 g/mol. The van der Waals surface area contributed by atoms with Crippen LogP contribution in [0.2, 0.25) is 0 Å². The summed E-state index contributed by atoms with van der Waals surface area (Å²) >= 11 is 1.37. The fourth-order valence-electron chi connectivity index (χ4n) is 2.77. The third-order valence-corrected chi connectivity index (χ3v) is 5.21. The van der Waals surface area contributed by atoms with E-state index in [0.29, 0.717) is 23.6 Å². The number of thioether (sulfide) groups is 1. The van der Waals surface area contributed by atoms with Gasteiger partial charge in [-0.25, -0.2) is 4.98 Å². The first-order valence-electron chi connectivity index (χ1n) is 7.49. The summed E-state index contributed by atoms with van der Waals surface area (Å²) in [6.45, 7) is 2.00. The highest BCUT2D eigenvalue weighted by Gasteiger charge is 2.32. The summed E-state index contributed by atoms with van der Waals surface area (Å²) in [5.41, 5.74) is -0.766. The molecule has 0 aromatic carbocycles. The molecule has 0 saturated heterocycles. The van der Waals surface area contributed by atoms with Gasteiger partial charge in [-0.3, -0.25) is 9.59 Å². The van der Waals surface area contributed by atoms with Gasteiger partial charge in [-0.15, -0.1) is 11.8 Å². The Balaban J connectivity index is 1.95. The highest BCUT2D eigenvalue weighted by Crippen LogP contribution is 2.33. The molecule has 3 nitrogen and oxygen atoms in total. The van der Waals surface area contributed by atoms with Crippen molar-refractivity contribution in [1.82, 2.24) is 4.98 Å². The Kier molecular flexibility index (Phi) is 5.84. The number of alkyl halides is 3. The minimum atomic E-state index is -4.38. The molecule has 0 radical (unpaired) electrons. The monoisotopic (exact) mass is 345 g/mol. The maximum atomic E-state index is 12.5. The number of hydrogen-bond acceptors (Lipinski definition) is 4. The summed E-state index contributed by atoms with van der Waals surface area (Å²) in [5.74, 6) is 0.831. The number of Topliss-reactive ketones (excluding diaryl/α,β-unsaturated/α-hetero) is 2. The number of hydrogen-bond donors (Lipinski definition) is 0. The number of carbonyl (C=O) groups excluding carboxylic acids is 2. The maximum absolute atomic E-state index is 12.5. The highest BCUT2D eigenvalue weighted by atomic mass is 32.2. The number of carbonyl (C=O) groups is 2. The first-order valence-corrected chi connectivity index (χ1v) is 8.47. The van der Waals surface area contributed by atoms with Gasteiger partial charge >= 0.3 is 6.18 Å². The molecule has 0 spiro atoms. The molecule has 0 N–H and O–H groups in total. The average Bonchev–Trinajstić information content (AvgIpc) is 2.46. The van der Waals surface area contributed by atoms with Crippen LogP contribution in [0.25, 0.3) is 0 Å². The number of ketones is 2. The lowest BCUT2D eigenvalue weighted by Crippen LogP contribution is -2.29. The minimum absolute atomic E-state index is 0.0117. The van der Waals surface area contributed by atoms with Crippen molar-refractivity contribution < 1.29 is 22.8 Å². The van der Waals surface area contributed by atoms with Crippen LogP contribution in [-0.2, 0) is 15.8 Å². The topological polar surface area (TPSA) is 47.0 Å². The molecule has 1 heterocycles. The van der Waals surface area contributed by atoms with E-state index in [4.69, 9.17) is 0 Å². The standard InChI is InChI=1S/C16H18F3NO2S/c1-2-10(11-5-13(21)7-14(22)6-11)9-23-15-4-3-12(8-20-15)16(17,18)19/h3-4,8,10-11H,2,5-7,9H2,1H3. The summed E-state index contributed by atoms with van der Waals surface area (Å²) in [4.78, 5) is 27.0. The Morgan fingerprint density at radius 2 is 1.91 bits per heavy atom. The summed E-state index contributed by atoms with van der Waals surface area (Å²) in [7, 11) is 0. The summed E-state index contributed by atoms with van der Waals surface area (Å²) < 4.78 is 37.5. The van der Waals surface area contributed by atoms with E-state index < -0.39 is 11.7 Å². The second kappa shape index (κ2) is 7.47. The molecule has 1 saturated carbocycles. The Morgan fingerprint density at radius 1 is 1.26 bits per heavy atom. The van der Waals surface area contributed by atoms with E-state index in [9.17, 15) is 22.8 Å². The smallest absolute Gasteiger partial charge is 0.299 e. The van der Waals surface area contributed by atoms with Crippen LogP contribution in [0.15, 0.2) is 23.4 Å². The lowest BCUT2D eigenvalue weighted by molar-refractivity contribution is -0.138. The van der Waals surface area contributed by atoms with Crippen LogP contribution in [0.5, 0.6) is 0 Å². The number of nitrogens with zero attached hydrogens (tertiary/aromatic N) is 1. The number of rotatable bonds is 5. The normalized spacial score (nSPS) is 18.3. The third-order valence-electron chi connectivity index (χ3n) is 4.07. The van der Waals surface area contributed by atoms with Gasteiger partial charge in [-0.2, -0.15) is 13.2 Å². The summed E-state index contributed by atoms with van der Waals surface area (Å²) in [6, 6.07) is 2.38. The van der Waals surface area contributed by atoms with E-state index in [0.717, 1.165) is 18.7 Å². The minimum Gasteiger partial charge on any atom is -0.299 e. The van der Waals surface area contributed by atoms with Gasteiger partial charge in [0, 0.05) is 24.8 Å². The molecule has 126 valence electrons. The van der Waals surface area contributed by atoms with Crippen LogP contribution < -0.4 is 0 Å². The molecule has 1 fully saturated rings. The lowest BCUT2D eigenvalue weighted by Gasteiger charge is -2.27. The molecule has 1 unspecified atom stereocenters. The Morgan fingerprint density at radius 3 is 2.39 bits per heavy atom. The van der Waals surface area contributed by atoms with E-state index in [1.165, 1.54) is 17.8 Å². The zero-order chi connectivity index (χ0) is 17.0. The zero-order valence-electron chi connectivity index (χ0n) is 12.7. The van der Waals surface area contributed by atoms with Crippen molar-refractivity contribution in [2.45, 2.75) is 43.8 Å². The molecule has 23 heavy (non-hydrogen) atoms. The molecular formula is C16H18F3NO2S. The molecule has 1 atom stereocenters. The van der Waals surface area contributed by atoms with Gasteiger partial charge in [0.05, 0.1) is 17.0 Å². The van der Waals surface area contributed by atoms with Gasteiger partial charge in [0.15, 0.2) is 0 Å². The Hall–Kier alpha value is -1.37. The first-order chi connectivity index (χ1) is 10.8. The van der Waals surface area contributed by atoms with Crippen molar-refractivity contribution in [1.29, 1.82) is 0 Å². The zero-order valence-corrected chi connectivity index (χ0v) is 13.5. The molecule has 1 aliphatic rings. The summed E-state index contributed by atoms with van der Waals surface area (Å²) in [5, 5.41) is 0.518. The fraction of sp³-hybridized carbons (Fsp3) is 0.562. The van der Waals surface area contributed by atoms with Crippen LogP contribution in [0.1, 0.15) is 38.2 Å². The first kappa shape index (κ1) is 18.0. The van der Waals surface area contributed by atoms with E-state index in [-0.39, 0.29) is 29.8 Å². The van der Waals surface area contributed by atoms with Crippen molar-refractivity contribution >= 4 is 23.3 Å². The van der Waals surface area contributed by atoms with Crippen molar-refractivity contribution in [2.75, 3.05) is 5.75 Å². The molecule has 7 heteroatoms. The van der Waals surface area contributed by atoms with Gasteiger partial charge in [-0.05, 0) is 24.0 Å². The van der Waals surface area contributed by atoms with Gasteiger partial charge in [0.1, 0.15) is 11.6 Å². The van der Waals surface area contributed by atoms with Crippen molar-refractivity contribution in [2.24, 2.45) is 11.8 Å². The van der Waals surface area contributed by atoms with E-state index >= 15 is 0 Å². The SMILES string of the molecule is CCC(CSc1ccc(C(F)(F)F)cn1)C1CC(=O)CC(=O)C1. The third kappa shape index (κ3) is 5.06. The predicted octanol–water partition coefficient (Wildman–Crippen LogP) is 4.16.